The van der Waals surface area contributed by atoms with Crippen LogP contribution >= 0.6 is 7.92 Å². The number of alkyl halides is 3. The van der Waals surface area contributed by atoms with Gasteiger partial charge in [0.2, 0.25) is 5.95 Å². The number of nitrogens with one attached hydrogen (secondary N) is 3. The molecule has 6 aromatic rings. The maximum atomic E-state index is 13.6. The summed E-state index contributed by atoms with van der Waals surface area (Å²) in [6.07, 6.45) is 3.27. The van der Waals surface area contributed by atoms with Crippen LogP contribution in [-0.2, 0) is 7.05 Å². The topological polar surface area (TPSA) is 112 Å². The third-order valence-electron chi connectivity index (χ3n) is 9.57. The van der Waals surface area contributed by atoms with E-state index in [9.17, 15) is 13.2 Å². The average molecular weight is 729 g/mol. The van der Waals surface area contributed by atoms with Gasteiger partial charge >= 0.3 is 6.18 Å². The van der Waals surface area contributed by atoms with Crippen LogP contribution in [0.1, 0.15) is 24.5 Å². The fourth-order valence-corrected chi connectivity index (χ4v) is 8.06. The number of aromatic nitrogens is 6. The van der Waals surface area contributed by atoms with Crippen LogP contribution in [0.2, 0.25) is 0 Å². The normalized spacial score (nSPS) is 15.6. The van der Waals surface area contributed by atoms with Gasteiger partial charge in [-0.2, -0.15) is 28.2 Å². The number of nitrogens with zero attached hydrogens (tertiary/aromatic N) is 7. The minimum atomic E-state index is -4.53. The van der Waals surface area contributed by atoms with Crippen molar-refractivity contribution in [2.75, 3.05) is 68.7 Å². The van der Waals surface area contributed by atoms with E-state index < -0.39 is 20.7 Å². The zero-order valence-corrected chi connectivity index (χ0v) is 30.3. The molecule has 0 bridgehead atoms. The molecule has 1 aliphatic carbocycles. The molecule has 1 saturated carbocycles. The van der Waals surface area contributed by atoms with Crippen LogP contribution in [0.4, 0.5) is 42.0 Å². The van der Waals surface area contributed by atoms with Crippen LogP contribution in [0.5, 0.6) is 5.75 Å². The minimum absolute atomic E-state index is 0.0427. The minimum Gasteiger partial charge on any atom is -0.482 e. The van der Waals surface area contributed by atoms with Crippen molar-refractivity contribution < 1.29 is 17.9 Å². The number of anilines is 5. The Morgan fingerprint density at radius 1 is 0.923 bits per heavy atom. The molecule has 11 nitrogen and oxygen atoms in total. The van der Waals surface area contributed by atoms with E-state index in [1.165, 1.54) is 18.1 Å². The zero-order chi connectivity index (χ0) is 36.1. The molecule has 0 amide bonds. The molecule has 2 fully saturated rings. The quantitative estimate of drug-likeness (QED) is 0.125. The predicted octanol–water partition coefficient (Wildman–Crippen LogP) is 7.33. The van der Waals surface area contributed by atoms with Crippen molar-refractivity contribution in [2.24, 2.45) is 7.05 Å². The van der Waals surface area contributed by atoms with Crippen molar-refractivity contribution in [2.45, 2.75) is 24.9 Å². The molecular formula is C37H40F3N10OP. The van der Waals surface area contributed by atoms with Gasteiger partial charge in [-0.1, -0.05) is 14.0 Å². The number of hydrogen-bond acceptors (Lipinski definition) is 9. The Bertz CT molecular complexity index is 2260. The van der Waals surface area contributed by atoms with E-state index in [2.05, 4.69) is 69.1 Å². The maximum Gasteiger partial charge on any atom is 0.422 e. The van der Waals surface area contributed by atoms with E-state index >= 15 is 0 Å². The standard InChI is InChI=1S/C37H40F3N10OP/c1-48-13-15-50(16-14-48)31-18-32(51-21-37(38,39)40)30(17-26(31)23-19-42-49(2)20-23)45-36-46-34-25(11-12-41-34)35(47-36)44-29-10-9-28-24(33(29)52(3)4)7-8-27(43-28)22-5-6-22/h7-12,17-20,22H,5-6,13-16,21H2,1-4H3,(H3,41,44,45,46,47). The monoisotopic (exact) mass is 728 g/mol. The van der Waals surface area contributed by atoms with Crippen LogP contribution in [0.25, 0.3) is 33.1 Å². The van der Waals surface area contributed by atoms with Crippen molar-refractivity contribution in [3.63, 3.8) is 0 Å². The van der Waals surface area contributed by atoms with Crippen molar-refractivity contribution in [1.29, 1.82) is 0 Å². The Hall–Kier alpha value is -4.94. The second-order valence-electron chi connectivity index (χ2n) is 13.8. The van der Waals surface area contributed by atoms with E-state index in [1.807, 2.05) is 25.4 Å². The molecule has 2 aliphatic rings. The van der Waals surface area contributed by atoms with Crippen LogP contribution in [0, 0.1) is 0 Å². The summed E-state index contributed by atoms with van der Waals surface area (Å²) in [6.45, 7) is 6.05. The summed E-state index contributed by atoms with van der Waals surface area (Å²) in [5, 5.41) is 14.2. The highest BCUT2D eigenvalue weighted by Gasteiger charge is 2.30. The molecular weight excluding hydrogens is 688 g/mol. The van der Waals surface area contributed by atoms with Crippen molar-refractivity contribution >= 4 is 64.0 Å². The number of aryl methyl sites for hydroxylation is 1. The number of halogens is 3. The van der Waals surface area contributed by atoms with Gasteiger partial charge in [-0.05, 0) is 63.6 Å². The second kappa shape index (κ2) is 13.6. The summed E-state index contributed by atoms with van der Waals surface area (Å²) in [5.41, 5.74) is 6.30. The van der Waals surface area contributed by atoms with Gasteiger partial charge in [0.1, 0.15) is 17.2 Å². The first kappa shape index (κ1) is 34.2. The van der Waals surface area contributed by atoms with Gasteiger partial charge in [-0.3, -0.25) is 9.67 Å². The van der Waals surface area contributed by atoms with Crippen LogP contribution < -0.4 is 25.6 Å². The number of rotatable bonds is 10. The number of piperazine rings is 1. The second-order valence-corrected chi connectivity index (χ2v) is 16.0. The molecule has 2 aromatic carbocycles. The first-order chi connectivity index (χ1) is 25.0. The van der Waals surface area contributed by atoms with Crippen LogP contribution in [-0.4, -0.2) is 94.0 Å². The van der Waals surface area contributed by atoms with E-state index in [1.54, 1.807) is 29.2 Å². The third kappa shape index (κ3) is 7.09. The van der Waals surface area contributed by atoms with Crippen molar-refractivity contribution in [3.8, 4) is 16.9 Å². The summed E-state index contributed by atoms with van der Waals surface area (Å²) in [6, 6.07) is 13.8. The Balaban J connectivity index is 1.20. The lowest BCUT2D eigenvalue weighted by atomic mass is 10.0. The van der Waals surface area contributed by atoms with Gasteiger partial charge in [0.05, 0.1) is 22.8 Å². The number of aromatic amines is 1. The molecule has 1 saturated heterocycles. The molecule has 8 rings (SSSR count). The highest BCUT2D eigenvalue weighted by atomic mass is 31.1. The van der Waals surface area contributed by atoms with Gasteiger partial charge < -0.3 is 30.2 Å². The third-order valence-corrected chi connectivity index (χ3v) is 10.9. The summed E-state index contributed by atoms with van der Waals surface area (Å²) < 4.78 is 47.9. The number of H-pyrrole nitrogens is 1. The molecule has 3 N–H and O–H groups in total. The Labute approximate surface area is 300 Å². The molecule has 0 unspecified atom stereocenters. The van der Waals surface area contributed by atoms with E-state index in [0.29, 0.717) is 36.2 Å². The fraction of sp³-hybridized carbons (Fsp3) is 0.351. The molecule has 52 heavy (non-hydrogen) atoms. The predicted molar refractivity (Wildman–Crippen MR) is 202 cm³/mol. The Morgan fingerprint density at radius 2 is 1.73 bits per heavy atom. The number of likely N-dealkylation sites (N-methyl/N-ethyl adjacent to an activating group) is 1. The van der Waals surface area contributed by atoms with Crippen molar-refractivity contribution in [3.05, 3.63) is 66.7 Å². The van der Waals surface area contributed by atoms with Gasteiger partial charge in [0.15, 0.2) is 6.61 Å². The van der Waals surface area contributed by atoms with Crippen LogP contribution in [0.3, 0.4) is 0 Å². The first-order valence-corrected chi connectivity index (χ1v) is 19.5. The van der Waals surface area contributed by atoms with Gasteiger partial charge in [0.25, 0.3) is 0 Å². The van der Waals surface area contributed by atoms with E-state index in [4.69, 9.17) is 19.7 Å². The Kier molecular flexibility index (Phi) is 8.91. The molecule has 4 aromatic heterocycles. The summed E-state index contributed by atoms with van der Waals surface area (Å²) in [4.78, 5) is 22.2. The maximum absolute atomic E-state index is 13.6. The SMILES string of the molecule is CN1CCN(c2cc(OCC(F)(F)F)c(Nc3nc(Nc4ccc5nc(C6CC6)ccc5c4P(C)C)c4cc[nH]c4n3)cc2-c2cnn(C)c2)CC1. The first-order valence-electron chi connectivity index (χ1n) is 17.3. The lowest BCUT2D eigenvalue weighted by molar-refractivity contribution is -0.153. The van der Waals surface area contributed by atoms with Gasteiger partial charge in [-0.25, -0.2) is 0 Å². The summed E-state index contributed by atoms with van der Waals surface area (Å²) >= 11 is 0. The van der Waals surface area contributed by atoms with Gasteiger partial charge in [0, 0.05) is 96.5 Å². The summed E-state index contributed by atoms with van der Waals surface area (Å²) in [5.74, 6) is 1.34. The smallest absolute Gasteiger partial charge is 0.422 e. The van der Waals surface area contributed by atoms with Crippen LogP contribution in [0.15, 0.2) is 61.1 Å². The lowest BCUT2D eigenvalue weighted by Crippen LogP contribution is -2.44. The largest absolute Gasteiger partial charge is 0.482 e. The molecule has 0 atom stereocenters. The molecule has 270 valence electrons. The number of benzene rings is 2. The highest BCUT2D eigenvalue weighted by Crippen LogP contribution is 2.43. The number of fused-ring (bicyclic) bond motifs is 2. The fourth-order valence-electron chi connectivity index (χ4n) is 6.78. The number of pyridine rings is 1. The molecule has 0 spiro atoms. The average Bonchev–Trinajstić information content (AvgIpc) is 3.70. The Morgan fingerprint density at radius 3 is 2.44 bits per heavy atom. The van der Waals surface area contributed by atoms with Crippen molar-refractivity contribution in [1.82, 2.24) is 34.6 Å². The molecule has 15 heteroatoms. The highest BCUT2D eigenvalue weighted by molar-refractivity contribution is 7.65. The lowest BCUT2D eigenvalue weighted by Gasteiger charge is -2.35. The number of ether oxygens (including phenoxy) is 1. The van der Waals surface area contributed by atoms with E-state index in [0.717, 1.165) is 57.6 Å². The molecule has 1 aliphatic heterocycles. The summed E-state index contributed by atoms with van der Waals surface area (Å²) in [7, 11) is 3.34. The molecule has 0 radical (unpaired) electrons. The zero-order valence-electron chi connectivity index (χ0n) is 29.4. The van der Waals surface area contributed by atoms with E-state index in [-0.39, 0.29) is 11.7 Å². The van der Waals surface area contributed by atoms with Gasteiger partial charge in [-0.15, -0.1) is 0 Å². The molecule has 5 heterocycles. The number of hydrogen-bond donors (Lipinski definition) is 3.